The molecule has 1 aromatic rings. The summed E-state index contributed by atoms with van der Waals surface area (Å²) in [6, 6.07) is 7.87. The second-order valence-corrected chi connectivity index (χ2v) is 4.84. The van der Waals surface area contributed by atoms with Crippen LogP contribution < -0.4 is 4.74 Å². The predicted octanol–water partition coefficient (Wildman–Crippen LogP) is 3.54. The van der Waals surface area contributed by atoms with Crippen LogP contribution in [0.25, 0.3) is 0 Å². The number of benzene rings is 1. The summed E-state index contributed by atoms with van der Waals surface area (Å²) in [7, 11) is 1.66. The highest BCUT2D eigenvalue weighted by atomic mass is 35.5. The van der Waals surface area contributed by atoms with Crippen LogP contribution >= 0.6 is 11.6 Å². The van der Waals surface area contributed by atoms with Crippen molar-refractivity contribution in [1.82, 2.24) is 0 Å². The summed E-state index contributed by atoms with van der Waals surface area (Å²) in [6.07, 6.45) is 2.11. The number of hydrogen-bond donors (Lipinski definition) is 0. The number of halogens is 1. The molecule has 16 heavy (non-hydrogen) atoms. The molecular formula is C13H17ClO2. The summed E-state index contributed by atoms with van der Waals surface area (Å²) in [4.78, 5) is 0. The highest BCUT2D eigenvalue weighted by molar-refractivity contribution is 6.21. The number of rotatable bonds is 3. The van der Waals surface area contributed by atoms with E-state index in [1.165, 1.54) is 0 Å². The van der Waals surface area contributed by atoms with Gasteiger partial charge in [0.1, 0.15) is 5.75 Å². The van der Waals surface area contributed by atoms with Crippen LogP contribution in [0.4, 0.5) is 0 Å². The van der Waals surface area contributed by atoms with Crippen LogP contribution in [0.3, 0.4) is 0 Å². The number of ether oxygens (including phenoxy) is 2. The molecule has 2 rings (SSSR count). The quantitative estimate of drug-likeness (QED) is 0.753. The molecule has 1 aliphatic heterocycles. The molecule has 1 aliphatic rings. The van der Waals surface area contributed by atoms with Gasteiger partial charge in [0.25, 0.3) is 0 Å². The third kappa shape index (κ3) is 2.18. The van der Waals surface area contributed by atoms with E-state index in [9.17, 15) is 0 Å². The van der Waals surface area contributed by atoms with Crippen molar-refractivity contribution in [3.8, 4) is 5.75 Å². The van der Waals surface area contributed by atoms with E-state index in [1.807, 2.05) is 24.3 Å². The van der Waals surface area contributed by atoms with Crippen LogP contribution in [0, 0.1) is 0 Å². The molecule has 1 saturated heterocycles. The SMILES string of the molecule is COc1ccc(C(Cl)C2(C)CCCO2)cc1. The van der Waals surface area contributed by atoms with Gasteiger partial charge in [-0.15, -0.1) is 11.6 Å². The first-order valence-electron chi connectivity index (χ1n) is 5.58. The van der Waals surface area contributed by atoms with Gasteiger partial charge in [0.05, 0.1) is 18.1 Å². The van der Waals surface area contributed by atoms with Crippen molar-refractivity contribution in [3.63, 3.8) is 0 Å². The molecule has 1 heterocycles. The number of hydrogen-bond acceptors (Lipinski definition) is 2. The minimum Gasteiger partial charge on any atom is -0.497 e. The summed E-state index contributed by atoms with van der Waals surface area (Å²) in [5.41, 5.74) is 0.864. The summed E-state index contributed by atoms with van der Waals surface area (Å²) in [6.45, 7) is 2.90. The molecule has 0 aliphatic carbocycles. The molecule has 0 radical (unpaired) electrons. The minimum absolute atomic E-state index is 0.0964. The molecule has 3 heteroatoms. The Morgan fingerprint density at radius 1 is 1.38 bits per heavy atom. The van der Waals surface area contributed by atoms with E-state index in [0.29, 0.717) is 0 Å². The molecule has 0 amide bonds. The van der Waals surface area contributed by atoms with E-state index in [2.05, 4.69) is 6.92 Å². The van der Waals surface area contributed by atoms with Crippen molar-refractivity contribution in [2.24, 2.45) is 0 Å². The van der Waals surface area contributed by atoms with Gasteiger partial charge < -0.3 is 9.47 Å². The molecule has 0 saturated carbocycles. The molecular weight excluding hydrogens is 224 g/mol. The molecule has 0 bridgehead atoms. The van der Waals surface area contributed by atoms with Crippen LogP contribution in [0.5, 0.6) is 5.75 Å². The summed E-state index contributed by atoms with van der Waals surface area (Å²) in [5, 5.41) is -0.0964. The zero-order chi connectivity index (χ0) is 11.6. The van der Waals surface area contributed by atoms with Gasteiger partial charge in [-0.2, -0.15) is 0 Å². The van der Waals surface area contributed by atoms with Gasteiger partial charge >= 0.3 is 0 Å². The zero-order valence-corrected chi connectivity index (χ0v) is 10.5. The Hall–Kier alpha value is -0.730. The Morgan fingerprint density at radius 2 is 2.06 bits per heavy atom. The Labute approximate surface area is 102 Å². The minimum atomic E-state index is -0.226. The van der Waals surface area contributed by atoms with Gasteiger partial charge in [-0.05, 0) is 37.5 Å². The first-order chi connectivity index (χ1) is 7.65. The Balaban J connectivity index is 2.16. The highest BCUT2D eigenvalue weighted by Gasteiger charge is 2.38. The average Bonchev–Trinajstić information content (AvgIpc) is 2.77. The van der Waals surface area contributed by atoms with E-state index in [0.717, 1.165) is 30.8 Å². The third-order valence-electron chi connectivity index (χ3n) is 3.19. The molecule has 2 unspecified atom stereocenters. The first-order valence-corrected chi connectivity index (χ1v) is 6.01. The van der Waals surface area contributed by atoms with Gasteiger partial charge in [-0.25, -0.2) is 0 Å². The van der Waals surface area contributed by atoms with Gasteiger partial charge in [0, 0.05) is 6.61 Å². The topological polar surface area (TPSA) is 18.5 Å². The van der Waals surface area contributed by atoms with Crippen molar-refractivity contribution in [2.45, 2.75) is 30.7 Å². The Morgan fingerprint density at radius 3 is 2.56 bits per heavy atom. The smallest absolute Gasteiger partial charge is 0.118 e. The summed E-state index contributed by atoms with van der Waals surface area (Å²) >= 11 is 6.48. The van der Waals surface area contributed by atoms with Crippen LogP contribution in [0.1, 0.15) is 30.7 Å². The fourth-order valence-electron chi connectivity index (χ4n) is 2.13. The molecule has 1 aromatic carbocycles. The fraction of sp³-hybridized carbons (Fsp3) is 0.538. The van der Waals surface area contributed by atoms with Gasteiger partial charge in [-0.3, -0.25) is 0 Å². The maximum atomic E-state index is 6.48. The lowest BCUT2D eigenvalue weighted by atomic mass is 9.93. The normalized spacial score (nSPS) is 26.7. The van der Waals surface area contributed by atoms with Gasteiger partial charge in [0.2, 0.25) is 0 Å². The first kappa shape index (κ1) is 11.7. The van der Waals surface area contributed by atoms with Crippen LogP contribution in [0.2, 0.25) is 0 Å². The van der Waals surface area contributed by atoms with Gasteiger partial charge in [-0.1, -0.05) is 12.1 Å². The van der Waals surface area contributed by atoms with E-state index >= 15 is 0 Å². The maximum Gasteiger partial charge on any atom is 0.118 e. The zero-order valence-electron chi connectivity index (χ0n) is 9.70. The molecule has 0 N–H and O–H groups in total. The number of methoxy groups -OCH3 is 1. The largest absolute Gasteiger partial charge is 0.497 e. The lowest BCUT2D eigenvalue weighted by Crippen LogP contribution is -2.28. The van der Waals surface area contributed by atoms with Crippen LogP contribution in [-0.2, 0) is 4.74 Å². The summed E-state index contributed by atoms with van der Waals surface area (Å²) < 4.78 is 10.9. The van der Waals surface area contributed by atoms with Crippen molar-refractivity contribution in [2.75, 3.05) is 13.7 Å². The van der Waals surface area contributed by atoms with Crippen molar-refractivity contribution in [3.05, 3.63) is 29.8 Å². The van der Waals surface area contributed by atoms with E-state index in [1.54, 1.807) is 7.11 Å². The third-order valence-corrected chi connectivity index (χ3v) is 3.91. The molecule has 0 spiro atoms. The standard InChI is InChI=1S/C13H17ClO2/c1-13(8-3-9-16-13)12(14)10-4-6-11(15-2)7-5-10/h4-7,12H,3,8-9H2,1-2H3. The molecule has 0 aromatic heterocycles. The van der Waals surface area contributed by atoms with Crippen molar-refractivity contribution >= 4 is 11.6 Å². The average molecular weight is 241 g/mol. The van der Waals surface area contributed by atoms with Crippen molar-refractivity contribution in [1.29, 1.82) is 0 Å². The predicted molar refractivity (Wildman–Crippen MR) is 65.2 cm³/mol. The van der Waals surface area contributed by atoms with E-state index in [-0.39, 0.29) is 11.0 Å². The molecule has 88 valence electrons. The van der Waals surface area contributed by atoms with E-state index in [4.69, 9.17) is 21.1 Å². The molecule has 2 atom stereocenters. The second-order valence-electron chi connectivity index (χ2n) is 4.40. The Bertz CT molecular complexity index is 341. The lowest BCUT2D eigenvalue weighted by Gasteiger charge is -2.29. The Kier molecular flexibility index (Phi) is 3.41. The van der Waals surface area contributed by atoms with Crippen LogP contribution in [0.15, 0.2) is 24.3 Å². The second kappa shape index (κ2) is 4.64. The maximum absolute atomic E-state index is 6.48. The summed E-state index contributed by atoms with van der Waals surface area (Å²) in [5.74, 6) is 0.852. The van der Waals surface area contributed by atoms with Gasteiger partial charge in [0.15, 0.2) is 0 Å². The van der Waals surface area contributed by atoms with Crippen molar-refractivity contribution < 1.29 is 9.47 Å². The number of alkyl halides is 1. The van der Waals surface area contributed by atoms with Crippen LogP contribution in [-0.4, -0.2) is 19.3 Å². The molecule has 1 fully saturated rings. The molecule has 2 nitrogen and oxygen atoms in total. The monoisotopic (exact) mass is 240 g/mol. The lowest BCUT2D eigenvalue weighted by molar-refractivity contribution is 0.0164. The highest BCUT2D eigenvalue weighted by Crippen LogP contribution is 2.41. The fourth-order valence-corrected chi connectivity index (χ4v) is 2.44. The van der Waals surface area contributed by atoms with E-state index < -0.39 is 0 Å².